The molecule has 17 heteroatoms. The van der Waals surface area contributed by atoms with Crippen molar-refractivity contribution in [3.05, 3.63) is 118 Å². The summed E-state index contributed by atoms with van der Waals surface area (Å²) in [5.74, 6) is -0.564. The monoisotopic (exact) mass is 986 g/mol. The second-order valence-electron chi connectivity index (χ2n) is 20.7. The highest BCUT2D eigenvalue weighted by atomic mass is 17.2. The van der Waals surface area contributed by atoms with Crippen LogP contribution in [0.15, 0.2) is 94.4 Å². The maximum atomic E-state index is 14.1. The topological polar surface area (TPSA) is 261 Å². The zero-order valence-electron chi connectivity index (χ0n) is 40.2. The van der Waals surface area contributed by atoms with Crippen LogP contribution in [0.3, 0.4) is 0 Å². The van der Waals surface area contributed by atoms with E-state index in [9.17, 15) is 45.3 Å². The number of carbonyl (C=O) groups is 1. The van der Waals surface area contributed by atoms with Crippen LogP contribution in [0.2, 0.25) is 0 Å². The Bertz CT molecular complexity index is 3170. The number of allylic oxidation sites excluding steroid dienone is 1. The number of aryl methyl sites for hydroxylation is 2. The Hall–Kier alpha value is -6.02. The molecule has 10 N–H and O–H groups in total. The number of fused-ring (bicyclic) bond motifs is 4. The third-order valence-corrected chi connectivity index (χ3v) is 16.3. The van der Waals surface area contributed by atoms with Crippen molar-refractivity contribution in [1.29, 1.82) is 0 Å². The van der Waals surface area contributed by atoms with Crippen LogP contribution in [0.25, 0.3) is 38.3 Å². The summed E-state index contributed by atoms with van der Waals surface area (Å²) in [6.45, 7) is 2.53. The van der Waals surface area contributed by atoms with E-state index in [1.54, 1.807) is 13.0 Å². The molecule has 5 heterocycles. The molecule has 380 valence electrons. The predicted octanol–water partition coefficient (Wildman–Crippen LogP) is 4.56. The molecule has 1 spiro atoms. The molecule has 3 aliphatic carbocycles. The van der Waals surface area contributed by atoms with Gasteiger partial charge in [0.05, 0.1) is 17.5 Å². The normalized spacial score (nSPS) is 27.1. The molecule has 11 rings (SSSR count). The Labute approximate surface area is 414 Å². The van der Waals surface area contributed by atoms with Gasteiger partial charge in [-0.3, -0.25) is 9.59 Å². The van der Waals surface area contributed by atoms with Crippen LogP contribution in [-0.4, -0.2) is 119 Å². The summed E-state index contributed by atoms with van der Waals surface area (Å²) in [6, 6.07) is 12.4. The molecule has 2 fully saturated rings. The summed E-state index contributed by atoms with van der Waals surface area (Å²) >= 11 is 0. The van der Waals surface area contributed by atoms with E-state index in [1.165, 1.54) is 36.4 Å². The Morgan fingerprint density at radius 1 is 0.944 bits per heavy atom. The van der Waals surface area contributed by atoms with Crippen LogP contribution >= 0.6 is 0 Å². The number of carbonyl (C=O) groups excluding carboxylic acids is 1. The quantitative estimate of drug-likeness (QED) is 0.0385. The maximum absolute atomic E-state index is 14.1. The molecule has 72 heavy (non-hydrogen) atoms. The van der Waals surface area contributed by atoms with E-state index in [-0.39, 0.29) is 53.2 Å². The lowest BCUT2D eigenvalue weighted by Crippen LogP contribution is -2.69. The molecule has 2 aliphatic heterocycles. The van der Waals surface area contributed by atoms with Gasteiger partial charge in [0.2, 0.25) is 5.91 Å². The lowest BCUT2D eigenvalue weighted by Gasteiger charge is -2.58. The second kappa shape index (κ2) is 18.8. The predicted molar refractivity (Wildman–Crippen MR) is 266 cm³/mol. The number of hydrogen-bond acceptors (Lipinski definition) is 14. The number of benzene rings is 3. The fourth-order valence-corrected chi connectivity index (χ4v) is 12.7. The molecular weight excluding hydrogens is 925 g/mol. The first-order valence-electron chi connectivity index (χ1n) is 25.2. The van der Waals surface area contributed by atoms with E-state index in [2.05, 4.69) is 46.8 Å². The number of phenols is 2. The Kier molecular flexibility index (Phi) is 12.6. The van der Waals surface area contributed by atoms with Crippen LogP contribution in [0, 0.1) is 30.6 Å². The highest BCUT2D eigenvalue weighted by molar-refractivity contribution is 5.93. The van der Waals surface area contributed by atoms with Crippen molar-refractivity contribution < 1.29 is 59.5 Å². The third-order valence-electron chi connectivity index (χ3n) is 16.3. The molecule has 6 aromatic rings. The van der Waals surface area contributed by atoms with Crippen molar-refractivity contribution >= 4 is 38.6 Å². The number of aliphatic hydroxyl groups excluding tert-OH is 4. The van der Waals surface area contributed by atoms with Crippen molar-refractivity contribution in [2.24, 2.45) is 23.7 Å². The van der Waals surface area contributed by atoms with E-state index >= 15 is 0 Å². The summed E-state index contributed by atoms with van der Waals surface area (Å²) in [5, 5.41) is 86.3. The molecule has 0 radical (unpaired) electrons. The van der Waals surface area contributed by atoms with E-state index in [1.807, 2.05) is 23.0 Å². The first-order chi connectivity index (χ1) is 34.7. The van der Waals surface area contributed by atoms with Gasteiger partial charge in [0, 0.05) is 90.2 Å². The van der Waals surface area contributed by atoms with Gasteiger partial charge in [-0.1, -0.05) is 50.1 Å². The molecule has 1 amide bonds. The number of rotatable bonds is 15. The molecule has 3 aromatic carbocycles. The highest BCUT2D eigenvalue weighted by Gasteiger charge is 2.64. The van der Waals surface area contributed by atoms with Crippen molar-refractivity contribution in [2.75, 3.05) is 19.8 Å². The standard InChI is InChI=1S/C55H62N4O13/c1-3-43-36-16-17-56-42(36)25-59(43)49-51-30(19-38-45(63)18-28(2)70-52(38)49)20-47(55(71-51)39-13-14-41(58-32-6-4-5-7-32)40(55)12-11-34(39)31-21-48(65)57-24-31)72-69-27-54(68,53(67)50(66)46(64)26-60)23-29-8-15-44(62)35-10-9-33(61)22-37(29)35/h8-19,22,25,31-32,34,39-41,46-47,50,53,56,58,60-62,64,66-68H,3-7,20-21,23-24,26-27H2,1-2H3,(H,57,65). The highest BCUT2D eigenvalue weighted by Crippen LogP contribution is 2.57. The van der Waals surface area contributed by atoms with Crippen LogP contribution in [0.5, 0.6) is 17.2 Å². The molecule has 2 bridgehead atoms. The second-order valence-corrected chi connectivity index (χ2v) is 20.7. The zero-order valence-corrected chi connectivity index (χ0v) is 40.2. The van der Waals surface area contributed by atoms with Crippen molar-refractivity contribution in [3.63, 3.8) is 0 Å². The van der Waals surface area contributed by atoms with Gasteiger partial charge in [-0.2, -0.15) is 0 Å². The van der Waals surface area contributed by atoms with Crippen LogP contribution in [-0.2, 0) is 33.8 Å². The number of aliphatic hydroxyl groups is 5. The van der Waals surface area contributed by atoms with Gasteiger partial charge in [0.15, 0.2) is 22.4 Å². The number of ether oxygens (including phenoxy) is 1. The third kappa shape index (κ3) is 8.10. The fraction of sp³-hybridized carbons (Fsp3) is 0.455. The summed E-state index contributed by atoms with van der Waals surface area (Å²) in [4.78, 5) is 43.3. The number of phenolic OH excluding ortho intramolecular Hbond substituents is 2. The molecule has 5 aliphatic rings. The van der Waals surface area contributed by atoms with Crippen LogP contribution in [0.1, 0.15) is 61.6 Å². The van der Waals surface area contributed by atoms with E-state index < -0.39 is 67.1 Å². The average Bonchev–Trinajstić information content (AvgIpc) is 4.20. The maximum Gasteiger partial charge on any atom is 0.220 e. The first kappa shape index (κ1) is 48.3. The van der Waals surface area contributed by atoms with Crippen molar-refractivity contribution in [1.82, 2.24) is 20.2 Å². The number of amides is 1. The smallest absolute Gasteiger partial charge is 0.220 e. The van der Waals surface area contributed by atoms with Gasteiger partial charge in [0.25, 0.3) is 0 Å². The molecule has 11 unspecified atom stereocenters. The van der Waals surface area contributed by atoms with E-state index in [4.69, 9.17) is 18.9 Å². The Morgan fingerprint density at radius 2 is 1.75 bits per heavy atom. The van der Waals surface area contributed by atoms with Gasteiger partial charge in [-0.15, -0.1) is 0 Å². The number of hydrogen-bond donors (Lipinski definition) is 10. The summed E-state index contributed by atoms with van der Waals surface area (Å²) in [5.41, 5.74) is -0.313. The van der Waals surface area contributed by atoms with Crippen molar-refractivity contribution in [3.8, 4) is 22.9 Å². The van der Waals surface area contributed by atoms with Crippen molar-refractivity contribution in [2.45, 2.75) is 113 Å². The van der Waals surface area contributed by atoms with E-state index in [0.717, 1.165) is 42.3 Å². The van der Waals surface area contributed by atoms with Gasteiger partial charge in [0.1, 0.15) is 59.6 Å². The average molecular weight is 987 g/mol. The molecule has 3 aromatic heterocycles. The van der Waals surface area contributed by atoms with Gasteiger partial charge in [-0.25, -0.2) is 9.78 Å². The zero-order chi connectivity index (χ0) is 50.2. The molecule has 1 saturated carbocycles. The lowest BCUT2D eigenvalue weighted by atomic mass is 9.56. The summed E-state index contributed by atoms with van der Waals surface area (Å²) in [6.07, 6.45) is 10.3. The Morgan fingerprint density at radius 3 is 2.51 bits per heavy atom. The van der Waals surface area contributed by atoms with Gasteiger partial charge < -0.3 is 65.1 Å². The summed E-state index contributed by atoms with van der Waals surface area (Å²) < 4.78 is 16.5. The van der Waals surface area contributed by atoms with Gasteiger partial charge >= 0.3 is 0 Å². The molecular formula is C55H62N4O13. The van der Waals surface area contributed by atoms with Crippen LogP contribution < -0.4 is 20.8 Å². The van der Waals surface area contributed by atoms with Gasteiger partial charge in [-0.05, 0) is 85.4 Å². The number of aromatic hydroxyl groups is 2. The SMILES string of the molecule is CCc1c2cc[nH]c2cn1-c1c2c(cc3c(=O)cc(C)oc13)CC(OOCC(O)(Cc1ccc(O)c3ccc(O)cc13)C(O)C(O)C(O)CO)C1(O2)C2C=CC(C3CNC(=O)C3)C1C=CC2NC1CCCC1. The fourth-order valence-electron chi connectivity index (χ4n) is 12.7. The molecule has 17 nitrogen and oxygen atoms in total. The summed E-state index contributed by atoms with van der Waals surface area (Å²) in [7, 11) is 0. The number of nitrogens with one attached hydrogen (secondary N) is 3. The Balaban J connectivity index is 1.07. The largest absolute Gasteiger partial charge is 0.508 e. The number of nitrogens with zero attached hydrogens (tertiary/aromatic N) is 1. The number of aromatic amines is 1. The number of H-pyrrole nitrogens is 1. The molecule has 1 saturated heterocycles. The lowest BCUT2D eigenvalue weighted by molar-refractivity contribution is -0.380. The first-order valence-corrected chi connectivity index (χ1v) is 25.2. The molecule has 11 atom stereocenters. The minimum absolute atomic E-state index is 0.0475. The number of aromatic nitrogens is 2. The van der Waals surface area contributed by atoms with E-state index in [0.29, 0.717) is 69.5 Å². The minimum Gasteiger partial charge on any atom is -0.508 e. The van der Waals surface area contributed by atoms with Crippen LogP contribution in [0.4, 0.5) is 0 Å². The minimum atomic E-state index is -2.45.